The number of aryl methyl sites for hydroxylation is 1. The number of piperidine rings is 1. The van der Waals surface area contributed by atoms with Gasteiger partial charge < -0.3 is 16.0 Å². The predicted octanol–water partition coefficient (Wildman–Crippen LogP) is 0.778. The Morgan fingerprint density at radius 2 is 1.97 bits per heavy atom. The predicted molar refractivity (Wildman–Crippen MR) is 142 cm³/mol. The number of imidazole rings is 1. The molecule has 5 rings (SSSR count). The standard InChI is InChI=1S/C26H27N9O3/c1-32-23-22(24(37)35(26(32)38)16-21(36)30-20-10-4-5-11-29-20)34(14-18-8-3-2-7-17(18)13-27)25(31-23)33-12-6-9-19(28)15-33/h2-5,7-8,10-11,19H,6,9,12,14-16,28H2,1H3,(H,29,30,36). The molecule has 3 N–H and O–H groups in total. The quantitative estimate of drug-likeness (QED) is 0.383. The van der Waals surface area contributed by atoms with Crippen LogP contribution in [0.2, 0.25) is 0 Å². The van der Waals surface area contributed by atoms with Gasteiger partial charge in [-0.15, -0.1) is 0 Å². The molecule has 1 aliphatic rings. The molecule has 0 aliphatic carbocycles. The number of pyridine rings is 1. The molecule has 1 saturated heterocycles. The van der Waals surface area contributed by atoms with E-state index in [9.17, 15) is 19.6 Å². The van der Waals surface area contributed by atoms with E-state index in [1.807, 2.05) is 17.0 Å². The van der Waals surface area contributed by atoms with Crippen molar-refractivity contribution in [3.05, 3.63) is 80.6 Å². The van der Waals surface area contributed by atoms with Crippen LogP contribution in [0, 0.1) is 11.3 Å². The lowest BCUT2D eigenvalue weighted by molar-refractivity contribution is -0.116. The minimum atomic E-state index is -0.664. The van der Waals surface area contributed by atoms with E-state index in [2.05, 4.69) is 16.4 Å². The molecule has 3 aromatic heterocycles. The summed E-state index contributed by atoms with van der Waals surface area (Å²) in [5.41, 5.74) is 6.46. The first kappa shape index (κ1) is 24.9. The normalized spacial score (nSPS) is 15.4. The zero-order valence-corrected chi connectivity index (χ0v) is 20.9. The molecule has 1 fully saturated rings. The first-order valence-corrected chi connectivity index (χ1v) is 12.3. The van der Waals surface area contributed by atoms with E-state index in [-0.39, 0.29) is 23.8 Å². The highest BCUT2D eigenvalue weighted by Crippen LogP contribution is 2.25. The molecule has 1 aliphatic heterocycles. The smallest absolute Gasteiger partial charge is 0.332 e. The minimum Gasteiger partial charge on any atom is -0.341 e. The summed E-state index contributed by atoms with van der Waals surface area (Å²) in [7, 11) is 1.52. The number of nitrogens with zero attached hydrogens (tertiary/aromatic N) is 7. The molecular formula is C26H27N9O3. The van der Waals surface area contributed by atoms with Gasteiger partial charge in [-0.1, -0.05) is 24.3 Å². The van der Waals surface area contributed by atoms with E-state index in [4.69, 9.17) is 10.7 Å². The Bertz CT molecular complexity index is 1660. The molecule has 4 heterocycles. The number of carbonyl (C=O) groups is 1. The van der Waals surface area contributed by atoms with E-state index < -0.39 is 23.7 Å². The van der Waals surface area contributed by atoms with Gasteiger partial charge in [0.05, 0.1) is 18.2 Å². The van der Waals surface area contributed by atoms with Crippen molar-refractivity contribution in [2.45, 2.75) is 32.0 Å². The number of amides is 1. The fourth-order valence-corrected chi connectivity index (χ4v) is 4.78. The molecule has 1 atom stereocenters. The molecule has 4 aromatic rings. The maximum atomic E-state index is 13.8. The van der Waals surface area contributed by atoms with E-state index in [0.29, 0.717) is 36.0 Å². The lowest BCUT2D eigenvalue weighted by Gasteiger charge is -2.32. The number of nitriles is 1. The SMILES string of the molecule is Cn1c(=O)n(CC(=O)Nc2ccccn2)c(=O)c2c1nc(N1CCCC(N)C1)n2Cc1ccccc1C#N. The number of hydrogen-bond acceptors (Lipinski definition) is 8. The maximum Gasteiger partial charge on any atom is 0.332 e. The molecule has 38 heavy (non-hydrogen) atoms. The van der Waals surface area contributed by atoms with Gasteiger partial charge in [0, 0.05) is 32.4 Å². The van der Waals surface area contributed by atoms with Gasteiger partial charge in [-0.3, -0.25) is 18.7 Å². The van der Waals surface area contributed by atoms with Crippen LogP contribution in [0.1, 0.15) is 24.0 Å². The average Bonchev–Trinajstić information content (AvgIpc) is 3.30. The lowest BCUT2D eigenvalue weighted by atomic mass is 10.1. The zero-order valence-electron chi connectivity index (χ0n) is 20.9. The number of nitrogens with one attached hydrogen (secondary N) is 1. The first-order chi connectivity index (χ1) is 18.4. The van der Waals surface area contributed by atoms with E-state index in [1.54, 1.807) is 34.9 Å². The van der Waals surface area contributed by atoms with Gasteiger partial charge in [-0.2, -0.15) is 10.2 Å². The molecule has 12 nitrogen and oxygen atoms in total. The average molecular weight is 514 g/mol. The van der Waals surface area contributed by atoms with Crippen LogP contribution in [0.15, 0.2) is 58.3 Å². The Morgan fingerprint density at radius 1 is 1.18 bits per heavy atom. The fraction of sp³-hybridized carbons (Fsp3) is 0.308. The van der Waals surface area contributed by atoms with Crippen molar-refractivity contribution in [3.63, 3.8) is 0 Å². The number of rotatable bonds is 6. The van der Waals surface area contributed by atoms with Gasteiger partial charge >= 0.3 is 5.69 Å². The van der Waals surface area contributed by atoms with Crippen molar-refractivity contribution < 1.29 is 4.79 Å². The molecule has 1 amide bonds. The Kier molecular flexibility index (Phi) is 6.76. The molecule has 0 spiro atoms. The summed E-state index contributed by atoms with van der Waals surface area (Å²) >= 11 is 0. The van der Waals surface area contributed by atoms with E-state index in [0.717, 1.165) is 17.4 Å². The summed E-state index contributed by atoms with van der Waals surface area (Å²) in [5.74, 6) is 0.237. The van der Waals surface area contributed by atoms with E-state index >= 15 is 0 Å². The zero-order chi connectivity index (χ0) is 26.8. The van der Waals surface area contributed by atoms with Crippen LogP contribution in [-0.2, 0) is 24.9 Å². The summed E-state index contributed by atoms with van der Waals surface area (Å²) in [6.45, 7) is 0.903. The third kappa shape index (κ3) is 4.67. The van der Waals surface area contributed by atoms with E-state index in [1.165, 1.54) is 17.8 Å². The van der Waals surface area contributed by atoms with Crippen LogP contribution in [-0.4, -0.2) is 48.7 Å². The van der Waals surface area contributed by atoms with Crippen molar-refractivity contribution in [2.75, 3.05) is 23.3 Å². The Balaban J connectivity index is 1.65. The monoisotopic (exact) mass is 513 g/mol. The highest BCUT2D eigenvalue weighted by atomic mass is 16.2. The molecule has 0 bridgehead atoms. The van der Waals surface area contributed by atoms with Gasteiger partial charge in [-0.25, -0.2) is 14.3 Å². The van der Waals surface area contributed by atoms with Crippen molar-refractivity contribution in [3.8, 4) is 6.07 Å². The highest BCUT2D eigenvalue weighted by Gasteiger charge is 2.27. The molecule has 0 radical (unpaired) electrons. The van der Waals surface area contributed by atoms with Gasteiger partial charge in [0.1, 0.15) is 12.4 Å². The molecule has 1 aromatic carbocycles. The van der Waals surface area contributed by atoms with Crippen LogP contribution >= 0.6 is 0 Å². The number of nitrogens with two attached hydrogens (primary N) is 1. The third-order valence-corrected chi connectivity index (χ3v) is 6.65. The van der Waals surface area contributed by atoms with Gasteiger partial charge in [0.15, 0.2) is 11.2 Å². The van der Waals surface area contributed by atoms with Gasteiger partial charge in [0.25, 0.3) is 5.56 Å². The first-order valence-electron chi connectivity index (χ1n) is 12.3. The molecule has 12 heteroatoms. The number of anilines is 2. The third-order valence-electron chi connectivity index (χ3n) is 6.65. The summed E-state index contributed by atoms with van der Waals surface area (Å²) < 4.78 is 3.88. The van der Waals surface area contributed by atoms with Crippen LogP contribution in [0.3, 0.4) is 0 Å². The topological polar surface area (TPSA) is 157 Å². The van der Waals surface area contributed by atoms with Gasteiger partial charge in [0.2, 0.25) is 11.9 Å². The minimum absolute atomic E-state index is 0.0563. The highest BCUT2D eigenvalue weighted by molar-refractivity contribution is 5.89. The van der Waals surface area contributed by atoms with Crippen LogP contribution in [0.5, 0.6) is 0 Å². The second kappa shape index (κ2) is 10.3. The van der Waals surface area contributed by atoms with Crippen LogP contribution in [0.4, 0.5) is 11.8 Å². The van der Waals surface area contributed by atoms with Crippen LogP contribution < -0.4 is 27.2 Å². The number of benzene rings is 1. The number of hydrogen-bond donors (Lipinski definition) is 2. The molecule has 1 unspecified atom stereocenters. The maximum absolute atomic E-state index is 13.8. The molecule has 194 valence electrons. The van der Waals surface area contributed by atoms with Crippen molar-refractivity contribution >= 4 is 28.8 Å². The number of fused-ring (bicyclic) bond motifs is 1. The van der Waals surface area contributed by atoms with Crippen LogP contribution in [0.25, 0.3) is 11.2 Å². The number of aromatic nitrogens is 5. The Hall–Kier alpha value is -4.76. The fourth-order valence-electron chi connectivity index (χ4n) is 4.78. The summed E-state index contributed by atoms with van der Waals surface area (Å²) in [5, 5.41) is 12.3. The molecular weight excluding hydrogens is 486 g/mol. The summed E-state index contributed by atoms with van der Waals surface area (Å²) in [6.07, 6.45) is 3.26. The second-order valence-corrected chi connectivity index (χ2v) is 9.28. The van der Waals surface area contributed by atoms with Crippen molar-refractivity contribution in [1.82, 2.24) is 23.7 Å². The number of carbonyl (C=O) groups excluding carboxylic acids is 1. The van der Waals surface area contributed by atoms with Gasteiger partial charge in [-0.05, 0) is 36.6 Å². The second-order valence-electron chi connectivity index (χ2n) is 9.28. The Labute approximate surface area is 217 Å². The van der Waals surface area contributed by atoms with Crippen molar-refractivity contribution in [2.24, 2.45) is 12.8 Å². The summed E-state index contributed by atoms with van der Waals surface area (Å²) in [4.78, 5) is 50.5. The Morgan fingerprint density at radius 3 is 2.71 bits per heavy atom. The lowest BCUT2D eigenvalue weighted by Crippen LogP contribution is -2.44. The largest absolute Gasteiger partial charge is 0.341 e. The summed E-state index contributed by atoms with van der Waals surface area (Å²) in [6, 6.07) is 14.3. The van der Waals surface area contributed by atoms with Crippen molar-refractivity contribution in [1.29, 1.82) is 5.26 Å². The molecule has 0 saturated carbocycles.